The van der Waals surface area contributed by atoms with E-state index in [2.05, 4.69) is 34.6 Å². The van der Waals surface area contributed by atoms with Gasteiger partial charge in [-0.25, -0.2) is 0 Å². The number of para-hydroxylation sites is 1. The normalized spacial score (nSPS) is 11.8. The van der Waals surface area contributed by atoms with E-state index < -0.39 is 6.04 Å². The Morgan fingerprint density at radius 2 is 1.81 bits per heavy atom. The van der Waals surface area contributed by atoms with E-state index in [-0.39, 0.29) is 18.4 Å². The zero-order valence-electron chi connectivity index (χ0n) is 22.4. The predicted octanol–water partition coefficient (Wildman–Crippen LogP) is 3.64. The first-order chi connectivity index (χ1) is 17.8. The van der Waals surface area contributed by atoms with Gasteiger partial charge in [0.25, 0.3) is 5.91 Å². The van der Waals surface area contributed by atoms with Gasteiger partial charge in [0.15, 0.2) is 11.5 Å². The van der Waals surface area contributed by atoms with E-state index >= 15 is 0 Å². The second-order valence-corrected chi connectivity index (χ2v) is 9.16. The molecule has 0 spiro atoms. The van der Waals surface area contributed by atoms with Crippen LogP contribution in [0.4, 0.5) is 5.69 Å². The molecule has 0 aliphatic rings. The first kappa shape index (κ1) is 27.6. The SMILES string of the molecule is CCC(C(=O)NCCC(C)C)N(C(=O)Cn1nnc(-c2ccc(OC)c(OC)c2)n1)c1ccccc1C. The van der Waals surface area contributed by atoms with Gasteiger partial charge in [-0.2, -0.15) is 4.80 Å². The number of anilines is 1. The highest BCUT2D eigenvalue weighted by Gasteiger charge is 2.31. The molecule has 1 atom stereocenters. The lowest BCUT2D eigenvalue weighted by Gasteiger charge is -2.31. The summed E-state index contributed by atoms with van der Waals surface area (Å²) in [6.45, 7) is 8.41. The number of nitrogens with one attached hydrogen (secondary N) is 1. The van der Waals surface area contributed by atoms with Crippen molar-refractivity contribution in [2.24, 2.45) is 5.92 Å². The van der Waals surface area contributed by atoms with Gasteiger partial charge in [-0.1, -0.05) is 39.0 Å². The van der Waals surface area contributed by atoms with Crippen molar-refractivity contribution in [2.75, 3.05) is 25.7 Å². The molecule has 0 fully saturated rings. The molecule has 0 saturated heterocycles. The fraction of sp³-hybridized carbons (Fsp3) is 0.444. The molecule has 0 aliphatic carbocycles. The fourth-order valence-corrected chi connectivity index (χ4v) is 4.00. The number of aromatic nitrogens is 4. The van der Waals surface area contributed by atoms with Crippen LogP contribution in [0, 0.1) is 12.8 Å². The van der Waals surface area contributed by atoms with Crippen molar-refractivity contribution in [1.82, 2.24) is 25.5 Å². The Balaban J connectivity index is 1.86. The molecule has 37 heavy (non-hydrogen) atoms. The van der Waals surface area contributed by atoms with E-state index in [4.69, 9.17) is 9.47 Å². The molecular formula is C27H36N6O4. The molecule has 0 saturated carbocycles. The van der Waals surface area contributed by atoms with Gasteiger partial charge in [-0.3, -0.25) is 14.5 Å². The van der Waals surface area contributed by atoms with Gasteiger partial charge < -0.3 is 14.8 Å². The molecule has 1 N–H and O–H groups in total. The maximum Gasteiger partial charge on any atom is 0.251 e. The summed E-state index contributed by atoms with van der Waals surface area (Å²) in [5.41, 5.74) is 2.24. The number of hydrogen-bond donors (Lipinski definition) is 1. The monoisotopic (exact) mass is 508 g/mol. The first-order valence-corrected chi connectivity index (χ1v) is 12.4. The van der Waals surface area contributed by atoms with Gasteiger partial charge in [0, 0.05) is 17.8 Å². The summed E-state index contributed by atoms with van der Waals surface area (Å²) in [5, 5.41) is 15.6. The summed E-state index contributed by atoms with van der Waals surface area (Å²) in [5.74, 6) is 1.43. The summed E-state index contributed by atoms with van der Waals surface area (Å²) >= 11 is 0. The van der Waals surface area contributed by atoms with Gasteiger partial charge in [0.2, 0.25) is 11.7 Å². The number of aryl methyl sites for hydroxylation is 1. The lowest BCUT2D eigenvalue weighted by molar-refractivity contribution is -0.127. The van der Waals surface area contributed by atoms with Gasteiger partial charge in [-0.15, -0.1) is 10.2 Å². The Labute approximate surface area is 217 Å². The highest BCUT2D eigenvalue weighted by atomic mass is 16.5. The van der Waals surface area contributed by atoms with Crippen LogP contribution in [-0.2, 0) is 16.1 Å². The number of nitrogens with zero attached hydrogens (tertiary/aromatic N) is 5. The van der Waals surface area contributed by atoms with Crippen molar-refractivity contribution in [3.63, 3.8) is 0 Å². The maximum absolute atomic E-state index is 13.7. The molecule has 0 aliphatic heterocycles. The maximum atomic E-state index is 13.7. The van der Waals surface area contributed by atoms with Gasteiger partial charge in [-0.05, 0) is 60.7 Å². The smallest absolute Gasteiger partial charge is 0.251 e. The largest absolute Gasteiger partial charge is 0.493 e. The number of methoxy groups -OCH3 is 2. The number of ether oxygens (including phenoxy) is 2. The van der Waals surface area contributed by atoms with Crippen LogP contribution in [0.25, 0.3) is 11.4 Å². The molecule has 3 aromatic rings. The van der Waals surface area contributed by atoms with Crippen LogP contribution < -0.4 is 19.7 Å². The summed E-state index contributed by atoms with van der Waals surface area (Å²) in [7, 11) is 3.11. The summed E-state index contributed by atoms with van der Waals surface area (Å²) < 4.78 is 10.6. The Bertz CT molecular complexity index is 1210. The van der Waals surface area contributed by atoms with Crippen molar-refractivity contribution >= 4 is 17.5 Å². The number of amides is 2. The molecule has 10 heteroatoms. The third-order valence-corrected chi connectivity index (χ3v) is 6.04. The standard InChI is InChI=1S/C27H36N6O4/c1-7-21(27(35)28-15-14-18(2)3)33(22-11-9-8-10-19(22)4)25(34)17-32-30-26(29-31-32)20-12-13-23(36-5)24(16-20)37-6/h8-13,16,18,21H,7,14-15,17H2,1-6H3,(H,28,35). The van der Waals surface area contributed by atoms with Crippen LogP contribution in [0.1, 0.15) is 39.2 Å². The third kappa shape index (κ3) is 6.84. The highest BCUT2D eigenvalue weighted by molar-refractivity contribution is 6.01. The zero-order chi connectivity index (χ0) is 26.9. The molecule has 0 bridgehead atoms. The topological polar surface area (TPSA) is 111 Å². The second-order valence-electron chi connectivity index (χ2n) is 9.16. The molecule has 0 radical (unpaired) electrons. The zero-order valence-corrected chi connectivity index (χ0v) is 22.4. The van der Waals surface area contributed by atoms with Crippen molar-refractivity contribution < 1.29 is 19.1 Å². The molecule has 10 nitrogen and oxygen atoms in total. The second kappa shape index (κ2) is 12.8. The number of carbonyl (C=O) groups excluding carboxylic acids is 2. The fourth-order valence-electron chi connectivity index (χ4n) is 4.00. The van der Waals surface area contributed by atoms with Crippen LogP contribution in [0.2, 0.25) is 0 Å². The predicted molar refractivity (Wildman–Crippen MR) is 142 cm³/mol. The Morgan fingerprint density at radius 3 is 2.46 bits per heavy atom. The van der Waals surface area contributed by atoms with E-state index in [9.17, 15) is 9.59 Å². The van der Waals surface area contributed by atoms with Gasteiger partial charge in [0.05, 0.1) is 14.2 Å². The van der Waals surface area contributed by atoms with Gasteiger partial charge >= 0.3 is 0 Å². The molecule has 198 valence electrons. The van der Waals surface area contributed by atoms with E-state index in [1.54, 1.807) is 37.3 Å². The first-order valence-electron chi connectivity index (χ1n) is 12.4. The number of carbonyl (C=O) groups is 2. The van der Waals surface area contributed by atoms with E-state index in [1.165, 1.54) is 4.80 Å². The molecule has 2 amide bonds. The average Bonchev–Trinajstić information content (AvgIpc) is 3.35. The van der Waals surface area contributed by atoms with Crippen LogP contribution in [0.15, 0.2) is 42.5 Å². The number of tetrazole rings is 1. The summed E-state index contributed by atoms with van der Waals surface area (Å²) in [4.78, 5) is 29.6. The van der Waals surface area contributed by atoms with Crippen LogP contribution in [0.5, 0.6) is 11.5 Å². The van der Waals surface area contributed by atoms with Crippen molar-refractivity contribution in [3.05, 3.63) is 48.0 Å². The highest BCUT2D eigenvalue weighted by Crippen LogP contribution is 2.31. The Morgan fingerprint density at radius 1 is 1.08 bits per heavy atom. The van der Waals surface area contributed by atoms with E-state index in [0.717, 1.165) is 12.0 Å². The minimum Gasteiger partial charge on any atom is -0.493 e. The van der Waals surface area contributed by atoms with Crippen LogP contribution in [-0.4, -0.2) is 58.8 Å². The number of benzene rings is 2. The summed E-state index contributed by atoms with van der Waals surface area (Å²) in [6, 6.07) is 12.1. The van der Waals surface area contributed by atoms with Crippen LogP contribution in [0.3, 0.4) is 0 Å². The van der Waals surface area contributed by atoms with Crippen LogP contribution >= 0.6 is 0 Å². The quantitative estimate of drug-likeness (QED) is 0.398. The lowest BCUT2D eigenvalue weighted by atomic mass is 10.1. The molecule has 3 rings (SSSR count). The van der Waals surface area contributed by atoms with E-state index in [0.29, 0.717) is 47.5 Å². The molecule has 2 aromatic carbocycles. The van der Waals surface area contributed by atoms with Crippen molar-refractivity contribution in [1.29, 1.82) is 0 Å². The average molecular weight is 509 g/mol. The minimum absolute atomic E-state index is 0.176. The molecule has 1 aromatic heterocycles. The number of rotatable bonds is 12. The molecular weight excluding hydrogens is 472 g/mol. The molecule has 1 heterocycles. The Kier molecular flexibility index (Phi) is 9.59. The van der Waals surface area contributed by atoms with Gasteiger partial charge in [0.1, 0.15) is 12.6 Å². The summed E-state index contributed by atoms with van der Waals surface area (Å²) in [6.07, 6.45) is 1.32. The Hall–Kier alpha value is -3.95. The minimum atomic E-state index is -0.672. The van der Waals surface area contributed by atoms with Crippen molar-refractivity contribution in [2.45, 2.75) is 53.1 Å². The molecule has 1 unspecified atom stereocenters. The number of hydrogen-bond acceptors (Lipinski definition) is 7. The van der Waals surface area contributed by atoms with E-state index in [1.807, 2.05) is 38.1 Å². The van der Waals surface area contributed by atoms with Crippen molar-refractivity contribution in [3.8, 4) is 22.9 Å². The third-order valence-electron chi connectivity index (χ3n) is 6.04. The lowest BCUT2D eigenvalue weighted by Crippen LogP contribution is -2.51.